The summed E-state index contributed by atoms with van der Waals surface area (Å²) in [5, 5.41) is 9.97. The summed E-state index contributed by atoms with van der Waals surface area (Å²) >= 11 is 0. The van der Waals surface area contributed by atoms with Crippen LogP contribution in [0.3, 0.4) is 0 Å². The maximum absolute atomic E-state index is 12.7. The van der Waals surface area contributed by atoms with E-state index in [4.69, 9.17) is 28.4 Å². The van der Waals surface area contributed by atoms with Gasteiger partial charge in [-0.25, -0.2) is 4.79 Å². The molecule has 1 aromatic rings. The average molecular weight is 408 g/mol. The van der Waals surface area contributed by atoms with E-state index in [0.29, 0.717) is 12.2 Å². The van der Waals surface area contributed by atoms with Gasteiger partial charge in [-0.15, -0.1) is 0 Å². The third kappa shape index (κ3) is 4.63. The first-order chi connectivity index (χ1) is 14.0. The molecule has 8 heteroatoms. The molecule has 4 rings (SSSR count). The maximum Gasteiger partial charge on any atom is 0.338 e. The Bertz CT molecular complexity index is 687. The Labute approximate surface area is 170 Å². The van der Waals surface area contributed by atoms with E-state index in [1.54, 1.807) is 38.1 Å². The van der Waals surface area contributed by atoms with Crippen molar-refractivity contribution in [1.82, 2.24) is 0 Å². The molecular formula is C21H28O8. The smallest absolute Gasteiger partial charge is 0.338 e. The number of carbonyl (C=O) groups is 1. The van der Waals surface area contributed by atoms with Gasteiger partial charge < -0.3 is 33.5 Å². The molecular weight excluding hydrogens is 380 g/mol. The molecule has 160 valence electrons. The summed E-state index contributed by atoms with van der Waals surface area (Å²) in [6, 6.07) is 8.71. The first kappa shape index (κ1) is 20.7. The number of hydrogen-bond donors (Lipinski definition) is 1. The van der Waals surface area contributed by atoms with Crippen LogP contribution in [0.25, 0.3) is 0 Å². The molecule has 3 fully saturated rings. The van der Waals surface area contributed by atoms with Crippen LogP contribution in [0, 0.1) is 0 Å². The van der Waals surface area contributed by atoms with E-state index in [1.807, 2.05) is 6.07 Å². The van der Waals surface area contributed by atoms with Crippen molar-refractivity contribution in [1.29, 1.82) is 0 Å². The van der Waals surface area contributed by atoms with Gasteiger partial charge in [-0.3, -0.25) is 0 Å². The molecule has 0 saturated carbocycles. The Hall–Kier alpha value is -1.55. The lowest BCUT2D eigenvalue weighted by molar-refractivity contribution is -0.257. The molecule has 0 amide bonds. The molecule has 3 heterocycles. The number of aliphatic hydroxyl groups is 1. The van der Waals surface area contributed by atoms with E-state index in [2.05, 4.69) is 0 Å². The highest BCUT2D eigenvalue weighted by Crippen LogP contribution is 2.40. The highest BCUT2D eigenvalue weighted by Gasteiger charge is 2.58. The fraction of sp³-hybridized carbons (Fsp3) is 0.667. The molecule has 0 radical (unpaired) electrons. The number of hydrogen-bond acceptors (Lipinski definition) is 8. The van der Waals surface area contributed by atoms with Crippen LogP contribution >= 0.6 is 0 Å². The van der Waals surface area contributed by atoms with Crippen LogP contribution < -0.4 is 0 Å². The summed E-state index contributed by atoms with van der Waals surface area (Å²) in [4.78, 5) is 12.7. The molecule has 0 aromatic heterocycles. The molecule has 8 nitrogen and oxygen atoms in total. The maximum atomic E-state index is 12.7. The number of rotatable bonds is 6. The lowest BCUT2D eigenvalue weighted by Crippen LogP contribution is -2.47. The third-order valence-corrected chi connectivity index (χ3v) is 5.29. The zero-order valence-corrected chi connectivity index (χ0v) is 16.7. The Morgan fingerprint density at radius 1 is 1.24 bits per heavy atom. The topological polar surface area (TPSA) is 92.7 Å². The van der Waals surface area contributed by atoms with Crippen molar-refractivity contribution in [3.8, 4) is 0 Å². The van der Waals surface area contributed by atoms with Gasteiger partial charge in [0.1, 0.15) is 12.2 Å². The second kappa shape index (κ2) is 8.67. The van der Waals surface area contributed by atoms with Gasteiger partial charge in [-0.05, 0) is 45.2 Å². The molecule has 2 unspecified atom stereocenters. The summed E-state index contributed by atoms with van der Waals surface area (Å²) in [7, 11) is 0. The fourth-order valence-corrected chi connectivity index (χ4v) is 3.94. The average Bonchev–Trinajstić information content (AvgIpc) is 3.20. The standard InChI is InChI=1S/C21H28O8/c1-21(2)28-18-17(26-19(23)13-8-4-3-5-9-13)16(27-20(18)29-21)14(12-22)25-15-10-6-7-11-24-15/h3-5,8-9,14-18,20,22H,6-7,10-12H2,1-2H3/t14?,15?,16-,17-,18-,20-/m1/s1. The molecule has 0 spiro atoms. The molecule has 0 aliphatic carbocycles. The molecule has 29 heavy (non-hydrogen) atoms. The van der Waals surface area contributed by atoms with Crippen molar-refractivity contribution in [2.75, 3.05) is 13.2 Å². The Morgan fingerprint density at radius 2 is 2.03 bits per heavy atom. The van der Waals surface area contributed by atoms with Crippen molar-refractivity contribution in [2.45, 2.75) is 75.9 Å². The Kier molecular flexibility index (Phi) is 6.19. The largest absolute Gasteiger partial charge is 0.453 e. The molecule has 3 aliphatic rings. The number of fused-ring (bicyclic) bond motifs is 1. The zero-order valence-electron chi connectivity index (χ0n) is 16.7. The molecule has 3 aliphatic heterocycles. The van der Waals surface area contributed by atoms with Crippen LogP contribution in [0.5, 0.6) is 0 Å². The van der Waals surface area contributed by atoms with Crippen LogP contribution in [-0.4, -0.2) is 67.1 Å². The predicted octanol–water partition coefficient (Wildman–Crippen LogP) is 1.99. The first-order valence-electron chi connectivity index (χ1n) is 10.1. The second-order valence-electron chi connectivity index (χ2n) is 7.96. The molecule has 0 bridgehead atoms. The number of carbonyl (C=O) groups excluding carboxylic acids is 1. The van der Waals surface area contributed by atoms with E-state index in [1.165, 1.54) is 0 Å². The minimum atomic E-state index is -0.861. The number of esters is 1. The zero-order chi connectivity index (χ0) is 20.4. The van der Waals surface area contributed by atoms with Gasteiger partial charge >= 0.3 is 5.97 Å². The normalized spacial score (nSPS) is 34.5. The van der Waals surface area contributed by atoms with Crippen molar-refractivity contribution >= 4 is 5.97 Å². The highest BCUT2D eigenvalue weighted by atomic mass is 16.8. The lowest BCUT2D eigenvalue weighted by Gasteiger charge is -2.33. The summed E-state index contributed by atoms with van der Waals surface area (Å²) in [6.07, 6.45) is -1.32. The van der Waals surface area contributed by atoms with Gasteiger partial charge in [0, 0.05) is 6.61 Å². The van der Waals surface area contributed by atoms with Crippen molar-refractivity contribution in [3.05, 3.63) is 35.9 Å². The van der Waals surface area contributed by atoms with Gasteiger partial charge in [0.25, 0.3) is 0 Å². The van der Waals surface area contributed by atoms with Gasteiger partial charge in [0.2, 0.25) is 0 Å². The molecule has 1 aromatic carbocycles. The van der Waals surface area contributed by atoms with Crippen LogP contribution in [0.1, 0.15) is 43.5 Å². The summed E-state index contributed by atoms with van der Waals surface area (Å²) in [6.45, 7) is 3.85. The third-order valence-electron chi connectivity index (χ3n) is 5.29. The predicted molar refractivity (Wildman–Crippen MR) is 99.9 cm³/mol. The van der Waals surface area contributed by atoms with Crippen molar-refractivity contribution in [2.24, 2.45) is 0 Å². The first-order valence-corrected chi connectivity index (χ1v) is 10.1. The molecule has 6 atom stereocenters. The number of aliphatic hydroxyl groups excluding tert-OH is 1. The van der Waals surface area contributed by atoms with Gasteiger partial charge in [-0.1, -0.05) is 18.2 Å². The van der Waals surface area contributed by atoms with Crippen molar-refractivity contribution in [3.63, 3.8) is 0 Å². The van der Waals surface area contributed by atoms with Crippen LogP contribution in [0.2, 0.25) is 0 Å². The minimum Gasteiger partial charge on any atom is -0.453 e. The Balaban J connectivity index is 1.51. The molecule has 3 saturated heterocycles. The van der Waals surface area contributed by atoms with E-state index in [0.717, 1.165) is 19.3 Å². The van der Waals surface area contributed by atoms with Crippen LogP contribution in [-0.2, 0) is 28.4 Å². The second-order valence-corrected chi connectivity index (χ2v) is 7.96. The lowest BCUT2D eigenvalue weighted by atomic mass is 10.1. The van der Waals surface area contributed by atoms with E-state index in [-0.39, 0.29) is 6.61 Å². The van der Waals surface area contributed by atoms with Crippen LogP contribution in [0.4, 0.5) is 0 Å². The fourth-order valence-electron chi connectivity index (χ4n) is 3.94. The van der Waals surface area contributed by atoms with Crippen LogP contribution in [0.15, 0.2) is 30.3 Å². The van der Waals surface area contributed by atoms with Gasteiger partial charge in [-0.2, -0.15) is 0 Å². The van der Waals surface area contributed by atoms with Gasteiger partial charge in [0.15, 0.2) is 30.6 Å². The highest BCUT2D eigenvalue weighted by molar-refractivity contribution is 5.89. The molecule has 1 N–H and O–H groups in total. The SMILES string of the molecule is CC1(C)O[C@H]2O[C@H](C(CO)OC3CCCCO3)[C@@H](OC(=O)c3ccccc3)[C@H]2O1. The van der Waals surface area contributed by atoms with E-state index in [9.17, 15) is 9.90 Å². The summed E-state index contributed by atoms with van der Waals surface area (Å²) < 4.78 is 35.1. The summed E-state index contributed by atoms with van der Waals surface area (Å²) in [5.74, 6) is -1.36. The number of ether oxygens (including phenoxy) is 6. The quantitative estimate of drug-likeness (QED) is 0.715. The monoisotopic (exact) mass is 408 g/mol. The summed E-state index contributed by atoms with van der Waals surface area (Å²) in [5.41, 5.74) is 0.421. The minimum absolute atomic E-state index is 0.313. The van der Waals surface area contributed by atoms with Crippen molar-refractivity contribution < 1.29 is 38.3 Å². The van der Waals surface area contributed by atoms with E-state index < -0.39 is 48.8 Å². The van der Waals surface area contributed by atoms with E-state index >= 15 is 0 Å². The number of benzene rings is 1. The Morgan fingerprint density at radius 3 is 2.72 bits per heavy atom. The van der Waals surface area contributed by atoms with Gasteiger partial charge in [0.05, 0.1) is 12.2 Å².